The van der Waals surface area contributed by atoms with Crippen molar-refractivity contribution in [3.05, 3.63) is 29.3 Å². The maximum absolute atomic E-state index is 11.2. The zero-order valence-electron chi connectivity index (χ0n) is 17.3. The second kappa shape index (κ2) is 9.64. The zero-order chi connectivity index (χ0) is 20.7. The number of phenolic OH excluding ortho intramolecular Hbond substituents is 1. The molecule has 0 radical (unpaired) electrons. The highest BCUT2D eigenvalue weighted by molar-refractivity contribution is 5.77. The van der Waals surface area contributed by atoms with Crippen molar-refractivity contribution in [3.63, 3.8) is 0 Å². The Kier molecular flexibility index (Phi) is 7.20. The molecule has 3 rings (SSSR count). The van der Waals surface area contributed by atoms with E-state index in [0.717, 1.165) is 95.5 Å². The number of carboxylic acid groups (broad SMARTS) is 1. The molecule has 0 heterocycles. The molecule has 2 N–H and O–H groups in total. The van der Waals surface area contributed by atoms with Gasteiger partial charge in [0.05, 0.1) is 5.41 Å². The number of hydrogen-bond acceptors (Lipinski definition) is 4. The van der Waals surface area contributed by atoms with Crippen molar-refractivity contribution in [3.8, 4) is 5.75 Å². The number of aromatic hydroxyl groups is 1. The van der Waals surface area contributed by atoms with Crippen LogP contribution in [0.3, 0.4) is 0 Å². The van der Waals surface area contributed by atoms with Gasteiger partial charge in [-0.15, -0.1) is 0 Å². The topological polar surface area (TPSA) is 83.8 Å². The first-order chi connectivity index (χ1) is 14.0. The SMILES string of the molecule is O=COC1(CCCCCc2cc(CCCCCC3(C(=O)O)CC3)ccc2O)CC1. The monoisotopic (exact) mass is 402 g/mol. The lowest BCUT2D eigenvalue weighted by Gasteiger charge is -2.13. The minimum atomic E-state index is -0.621. The quantitative estimate of drug-likeness (QED) is 0.312. The van der Waals surface area contributed by atoms with Gasteiger partial charge in [-0.1, -0.05) is 31.4 Å². The van der Waals surface area contributed by atoms with Crippen LogP contribution in [0.25, 0.3) is 0 Å². The molecule has 0 unspecified atom stereocenters. The molecule has 2 aliphatic rings. The average molecular weight is 403 g/mol. The number of aryl methyl sites for hydroxylation is 2. The highest BCUT2D eigenvalue weighted by atomic mass is 16.5. The average Bonchev–Trinajstić information content (AvgIpc) is 3.61. The van der Waals surface area contributed by atoms with E-state index in [4.69, 9.17) is 4.74 Å². The maximum Gasteiger partial charge on any atom is 0.309 e. The van der Waals surface area contributed by atoms with Crippen LogP contribution >= 0.6 is 0 Å². The molecule has 0 spiro atoms. The number of ether oxygens (including phenoxy) is 1. The third-order valence-corrected chi connectivity index (χ3v) is 6.76. The van der Waals surface area contributed by atoms with Crippen LogP contribution in [-0.4, -0.2) is 28.3 Å². The molecule has 0 amide bonds. The Morgan fingerprint density at radius 3 is 2.28 bits per heavy atom. The van der Waals surface area contributed by atoms with Crippen molar-refractivity contribution in [2.24, 2.45) is 5.41 Å². The fourth-order valence-corrected chi connectivity index (χ4v) is 4.29. The van der Waals surface area contributed by atoms with Crippen LogP contribution in [0.1, 0.15) is 88.2 Å². The molecule has 2 saturated carbocycles. The fraction of sp³-hybridized carbons (Fsp3) is 0.667. The van der Waals surface area contributed by atoms with Gasteiger partial charge in [0.1, 0.15) is 11.4 Å². The van der Waals surface area contributed by atoms with Crippen molar-refractivity contribution >= 4 is 12.4 Å². The number of unbranched alkanes of at least 4 members (excludes halogenated alkanes) is 4. The number of carboxylic acids is 1. The normalized spacial score (nSPS) is 18.2. The van der Waals surface area contributed by atoms with E-state index in [1.165, 1.54) is 5.56 Å². The van der Waals surface area contributed by atoms with Gasteiger partial charge in [-0.25, -0.2) is 0 Å². The van der Waals surface area contributed by atoms with Gasteiger partial charge in [0, 0.05) is 0 Å². The second-order valence-electron chi connectivity index (χ2n) is 9.07. The second-order valence-corrected chi connectivity index (χ2v) is 9.07. The van der Waals surface area contributed by atoms with Gasteiger partial charge in [-0.05, 0) is 87.8 Å². The molecule has 0 atom stereocenters. The first-order valence-electron chi connectivity index (χ1n) is 11.1. The van der Waals surface area contributed by atoms with Gasteiger partial charge in [0.15, 0.2) is 0 Å². The molecule has 2 aliphatic carbocycles. The molecule has 5 heteroatoms. The molecular weight excluding hydrogens is 368 g/mol. The van der Waals surface area contributed by atoms with Crippen LogP contribution in [-0.2, 0) is 27.2 Å². The Bertz CT molecular complexity index is 703. The molecule has 2 fully saturated rings. The predicted molar refractivity (Wildman–Crippen MR) is 111 cm³/mol. The van der Waals surface area contributed by atoms with E-state index >= 15 is 0 Å². The summed E-state index contributed by atoms with van der Waals surface area (Å²) < 4.78 is 5.18. The smallest absolute Gasteiger partial charge is 0.309 e. The molecule has 1 aromatic carbocycles. The first-order valence-corrected chi connectivity index (χ1v) is 11.1. The largest absolute Gasteiger partial charge is 0.508 e. The summed E-state index contributed by atoms with van der Waals surface area (Å²) in [5.74, 6) is -0.252. The summed E-state index contributed by atoms with van der Waals surface area (Å²) in [6.07, 6.45) is 13.5. The van der Waals surface area contributed by atoms with Gasteiger partial charge < -0.3 is 14.9 Å². The third kappa shape index (κ3) is 6.22. The van der Waals surface area contributed by atoms with E-state index in [2.05, 4.69) is 6.07 Å². The standard InChI is InChI=1S/C24H34O5/c25-18-29-24(15-16-24)12-6-2-4-8-20-17-19(9-10-21(20)26)7-3-1-5-11-23(13-14-23)22(27)28/h9-10,17-18,26H,1-8,11-16H2,(H,27,28). The third-order valence-electron chi connectivity index (χ3n) is 6.76. The van der Waals surface area contributed by atoms with Crippen molar-refractivity contribution in [2.45, 2.75) is 95.5 Å². The van der Waals surface area contributed by atoms with Gasteiger partial charge >= 0.3 is 5.97 Å². The van der Waals surface area contributed by atoms with Crippen molar-refractivity contribution < 1.29 is 24.5 Å². The molecule has 0 aromatic heterocycles. The number of rotatable bonds is 15. The molecule has 5 nitrogen and oxygen atoms in total. The molecule has 160 valence electrons. The Morgan fingerprint density at radius 2 is 1.66 bits per heavy atom. The molecule has 0 saturated heterocycles. The summed E-state index contributed by atoms with van der Waals surface area (Å²) in [7, 11) is 0. The highest BCUT2D eigenvalue weighted by Crippen LogP contribution is 2.50. The molecular formula is C24H34O5. The molecule has 0 aliphatic heterocycles. The number of carbonyl (C=O) groups excluding carboxylic acids is 1. The highest BCUT2D eigenvalue weighted by Gasteiger charge is 2.49. The minimum Gasteiger partial charge on any atom is -0.508 e. The van der Waals surface area contributed by atoms with Gasteiger partial charge in [0.25, 0.3) is 6.47 Å². The predicted octanol–water partition coefficient (Wildman–Crippen LogP) is 5.17. The summed E-state index contributed by atoms with van der Waals surface area (Å²) in [6, 6.07) is 5.91. The van der Waals surface area contributed by atoms with E-state index in [-0.39, 0.29) is 5.60 Å². The van der Waals surface area contributed by atoms with Crippen molar-refractivity contribution in [1.82, 2.24) is 0 Å². The zero-order valence-corrected chi connectivity index (χ0v) is 17.3. The van der Waals surface area contributed by atoms with Crippen molar-refractivity contribution in [2.75, 3.05) is 0 Å². The van der Waals surface area contributed by atoms with Gasteiger partial charge in [-0.2, -0.15) is 0 Å². The first kappa shape index (κ1) is 21.7. The van der Waals surface area contributed by atoms with Crippen LogP contribution in [0.15, 0.2) is 18.2 Å². The maximum atomic E-state index is 11.2. The molecule has 1 aromatic rings. The van der Waals surface area contributed by atoms with Crippen LogP contribution in [0.5, 0.6) is 5.75 Å². The summed E-state index contributed by atoms with van der Waals surface area (Å²) >= 11 is 0. The van der Waals surface area contributed by atoms with E-state index in [1.807, 2.05) is 6.07 Å². The Morgan fingerprint density at radius 1 is 0.966 bits per heavy atom. The van der Waals surface area contributed by atoms with Crippen LogP contribution in [0, 0.1) is 5.41 Å². The van der Waals surface area contributed by atoms with E-state index < -0.39 is 11.4 Å². The van der Waals surface area contributed by atoms with E-state index in [0.29, 0.717) is 12.2 Å². The van der Waals surface area contributed by atoms with Crippen LogP contribution in [0.2, 0.25) is 0 Å². The van der Waals surface area contributed by atoms with Crippen molar-refractivity contribution in [1.29, 1.82) is 0 Å². The number of carbonyl (C=O) groups is 2. The Labute approximate surface area is 173 Å². The van der Waals surface area contributed by atoms with Gasteiger partial charge in [0.2, 0.25) is 0 Å². The van der Waals surface area contributed by atoms with Gasteiger partial charge in [-0.3, -0.25) is 9.59 Å². The number of benzene rings is 1. The fourth-order valence-electron chi connectivity index (χ4n) is 4.29. The van der Waals surface area contributed by atoms with Crippen LogP contribution < -0.4 is 0 Å². The summed E-state index contributed by atoms with van der Waals surface area (Å²) in [6.45, 7) is 0.576. The summed E-state index contributed by atoms with van der Waals surface area (Å²) in [5.41, 5.74) is 1.70. The Hall–Kier alpha value is -2.04. The van der Waals surface area contributed by atoms with E-state index in [9.17, 15) is 19.8 Å². The Balaban J connectivity index is 1.32. The lowest BCUT2D eigenvalue weighted by Crippen LogP contribution is -2.14. The minimum absolute atomic E-state index is 0.159. The molecule has 29 heavy (non-hydrogen) atoms. The van der Waals surface area contributed by atoms with E-state index in [1.54, 1.807) is 6.07 Å². The number of hydrogen-bond donors (Lipinski definition) is 2. The number of phenols is 1. The lowest BCUT2D eigenvalue weighted by atomic mass is 9.96. The lowest BCUT2D eigenvalue weighted by molar-refractivity contribution is -0.143. The van der Waals surface area contributed by atoms with Crippen LogP contribution in [0.4, 0.5) is 0 Å². The number of aliphatic carboxylic acids is 1. The summed E-state index contributed by atoms with van der Waals surface area (Å²) in [5, 5.41) is 19.4. The molecule has 0 bridgehead atoms. The summed E-state index contributed by atoms with van der Waals surface area (Å²) in [4.78, 5) is 21.7.